The van der Waals surface area contributed by atoms with E-state index in [0.29, 0.717) is 25.7 Å². The second kappa shape index (κ2) is 10.5. The minimum Gasteiger partial charge on any atom is -0.320 e. The molecule has 4 nitrogen and oxygen atoms in total. The van der Waals surface area contributed by atoms with E-state index in [1.807, 2.05) is 0 Å². The maximum Gasteiger partial charge on any atom is 0.345 e. The Morgan fingerprint density at radius 1 is 0.679 bits per heavy atom. The van der Waals surface area contributed by atoms with Gasteiger partial charge in [0.05, 0.1) is 12.2 Å². The Bertz CT molecular complexity index is 521. The van der Waals surface area contributed by atoms with Gasteiger partial charge in [0.1, 0.15) is 0 Å². The lowest BCUT2D eigenvalue weighted by atomic mass is 10.0. The highest BCUT2D eigenvalue weighted by Gasteiger charge is 2.23. The van der Waals surface area contributed by atoms with Gasteiger partial charge in [0, 0.05) is 39.3 Å². The number of benzene rings is 1. The monoisotopic (exact) mass is 404 g/mol. The second-order valence-electron chi connectivity index (χ2n) is 7.56. The number of hydrogen-bond acceptors (Lipinski definition) is 4. The summed E-state index contributed by atoms with van der Waals surface area (Å²) in [6.45, 7) is -0.734. The first kappa shape index (κ1) is 21.5. The van der Waals surface area contributed by atoms with Crippen molar-refractivity contribution in [1.82, 2.24) is 9.80 Å². The van der Waals surface area contributed by atoms with Gasteiger partial charge in [-0.2, -0.15) is 17.6 Å². The van der Waals surface area contributed by atoms with Crippen LogP contribution in [0.3, 0.4) is 0 Å². The molecular formula is C20H28F4N2O2. The molecule has 2 fully saturated rings. The standard InChI is InChI=1S/C20H28F4N2O2/c21-19(22)27-17-5-9-25(10-6-17)13-15-1-2-16(4-3-15)14-26-11-7-18(8-12-26)28-20(23)24/h1-4,17-20H,5-14H2. The van der Waals surface area contributed by atoms with Gasteiger partial charge in [-0.25, -0.2) is 0 Å². The normalized spacial score (nSPS) is 21.1. The first-order valence-corrected chi connectivity index (χ1v) is 9.87. The van der Waals surface area contributed by atoms with Crippen LogP contribution in [0, 0.1) is 0 Å². The number of rotatable bonds is 8. The number of alkyl halides is 4. The van der Waals surface area contributed by atoms with E-state index in [-0.39, 0.29) is 12.2 Å². The topological polar surface area (TPSA) is 24.9 Å². The highest BCUT2D eigenvalue weighted by molar-refractivity contribution is 5.22. The van der Waals surface area contributed by atoms with Crippen molar-refractivity contribution in [3.63, 3.8) is 0 Å². The molecule has 2 saturated heterocycles. The van der Waals surface area contributed by atoms with E-state index >= 15 is 0 Å². The Hall–Kier alpha value is -1.22. The lowest BCUT2D eigenvalue weighted by molar-refractivity contribution is -0.173. The molecule has 1 aromatic carbocycles. The number of hydrogen-bond donors (Lipinski definition) is 0. The Labute approximate surface area is 163 Å². The van der Waals surface area contributed by atoms with Crippen LogP contribution in [0.4, 0.5) is 17.6 Å². The van der Waals surface area contributed by atoms with E-state index in [1.165, 1.54) is 11.1 Å². The fourth-order valence-electron chi connectivity index (χ4n) is 3.96. The Kier molecular flexibility index (Phi) is 8.08. The third-order valence-corrected chi connectivity index (χ3v) is 5.50. The first-order valence-electron chi connectivity index (χ1n) is 9.87. The summed E-state index contributed by atoms with van der Waals surface area (Å²) in [5.74, 6) is 0. The molecule has 0 bridgehead atoms. The van der Waals surface area contributed by atoms with Crippen molar-refractivity contribution >= 4 is 0 Å². The number of likely N-dealkylation sites (tertiary alicyclic amines) is 2. The van der Waals surface area contributed by atoms with E-state index in [4.69, 9.17) is 0 Å². The van der Waals surface area contributed by atoms with Gasteiger partial charge in [-0.3, -0.25) is 9.80 Å². The van der Waals surface area contributed by atoms with Crippen molar-refractivity contribution in [3.8, 4) is 0 Å². The molecule has 1 aromatic rings. The second-order valence-corrected chi connectivity index (χ2v) is 7.56. The van der Waals surface area contributed by atoms with Crippen molar-refractivity contribution in [2.75, 3.05) is 26.2 Å². The molecule has 3 rings (SSSR count). The van der Waals surface area contributed by atoms with Crippen molar-refractivity contribution in [2.24, 2.45) is 0 Å². The van der Waals surface area contributed by atoms with Crippen LogP contribution < -0.4 is 0 Å². The summed E-state index contributed by atoms with van der Waals surface area (Å²) in [7, 11) is 0. The maximum atomic E-state index is 12.3. The highest BCUT2D eigenvalue weighted by atomic mass is 19.3. The first-order chi connectivity index (χ1) is 13.5. The zero-order valence-electron chi connectivity index (χ0n) is 15.9. The molecule has 0 saturated carbocycles. The predicted molar refractivity (Wildman–Crippen MR) is 97.2 cm³/mol. The van der Waals surface area contributed by atoms with Gasteiger partial charge in [-0.05, 0) is 36.8 Å². The zero-order valence-corrected chi connectivity index (χ0v) is 15.9. The number of piperidine rings is 2. The van der Waals surface area contributed by atoms with E-state index in [0.717, 1.165) is 39.3 Å². The Balaban J connectivity index is 1.39. The summed E-state index contributed by atoms with van der Waals surface area (Å²) in [5.41, 5.74) is 2.39. The van der Waals surface area contributed by atoms with Gasteiger partial charge >= 0.3 is 13.2 Å². The van der Waals surface area contributed by atoms with Crippen LogP contribution in [0.25, 0.3) is 0 Å². The van der Waals surface area contributed by atoms with Gasteiger partial charge in [0.15, 0.2) is 0 Å². The SMILES string of the molecule is FC(F)OC1CCN(Cc2ccc(CN3CCC(OC(F)F)CC3)cc2)CC1. The Morgan fingerprint density at radius 2 is 1.00 bits per heavy atom. The minimum absolute atomic E-state index is 0.339. The number of ether oxygens (including phenoxy) is 2. The molecule has 0 aromatic heterocycles. The smallest absolute Gasteiger partial charge is 0.320 e. The van der Waals surface area contributed by atoms with Crippen molar-refractivity contribution in [1.29, 1.82) is 0 Å². The van der Waals surface area contributed by atoms with Crippen molar-refractivity contribution in [3.05, 3.63) is 35.4 Å². The third kappa shape index (κ3) is 6.99. The summed E-state index contributed by atoms with van der Waals surface area (Å²) < 4.78 is 58.2. The summed E-state index contributed by atoms with van der Waals surface area (Å²) >= 11 is 0. The largest absolute Gasteiger partial charge is 0.345 e. The fourth-order valence-corrected chi connectivity index (χ4v) is 3.96. The molecule has 8 heteroatoms. The average Bonchev–Trinajstić information content (AvgIpc) is 2.66. The summed E-state index contributed by atoms with van der Waals surface area (Å²) in [6, 6.07) is 8.40. The average molecular weight is 404 g/mol. The lowest BCUT2D eigenvalue weighted by Gasteiger charge is -2.32. The molecule has 0 N–H and O–H groups in total. The summed E-state index contributed by atoms with van der Waals surface area (Å²) in [4.78, 5) is 4.52. The molecule has 0 spiro atoms. The minimum atomic E-state index is -2.69. The van der Waals surface area contributed by atoms with Crippen LogP contribution in [-0.2, 0) is 22.6 Å². The predicted octanol–water partition coefficient (Wildman–Crippen LogP) is 4.09. The highest BCUT2D eigenvalue weighted by Crippen LogP contribution is 2.20. The van der Waals surface area contributed by atoms with Crippen LogP contribution >= 0.6 is 0 Å². The molecule has 0 amide bonds. The fraction of sp³-hybridized carbons (Fsp3) is 0.700. The molecular weight excluding hydrogens is 376 g/mol. The molecule has 158 valence electrons. The van der Waals surface area contributed by atoms with E-state index in [1.54, 1.807) is 0 Å². The summed E-state index contributed by atoms with van der Waals surface area (Å²) in [6.07, 6.45) is 1.85. The number of halogens is 4. The maximum absolute atomic E-state index is 12.3. The molecule has 0 aliphatic carbocycles. The molecule has 2 aliphatic heterocycles. The van der Waals surface area contributed by atoms with Gasteiger partial charge in [-0.1, -0.05) is 24.3 Å². The molecule has 28 heavy (non-hydrogen) atoms. The van der Waals surface area contributed by atoms with Gasteiger partial charge in [-0.15, -0.1) is 0 Å². The van der Waals surface area contributed by atoms with E-state index < -0.39 is 13.2 Å². The van der Waals surface area contributed by atoms with Crippen LogP contribution in [0.5, 0.6) is 0 Å². The zero-order chi connectivity index (χ0) is 19.9. The van der Waals surface area contributed by atoms with E-state index in [2.05, 4.69) is 43.5 Å². The molecule has 0 radical (unpaired) electrons. The van der Waals surface area contributed by atoms with Gasteiger partial charge in [0.25, 0.3) is 0 Å². The Morgan fingerprint density at radius 3 is 1.29 bits per heavy atom. The third-order valence-electron chi connectivity index (χ3n) is 5.50. The van der Waals surface area contributed by atoms with Gasteiger partial charge in [0.2, 0.25) is 0 Å². The van der Waals surface area contributed by atoms with Crippen molar-refractivity contribution in [2.45, 2.75) is 64.2 Å². The number of nitrogens with zero attached hydrogens (tertiary/aromatic N) is 2. The molecule has 0 atom stereocenters. The van der Waals surface area contributed by atoms with Crippen LogP contribution in [0.1, 0.15) is 36.8 Å². The summed E-state index contributed by atoms with van der Waals surface area (Å²) in [5, 5.41) is 0. The molecule has 2 aliphatic rings. The van der Waals surface area contributed by atoms with Crippen molar-refractivity contribution < 1.29 is 27.0 Å². The van der Waals surface area contributed by atoms with E-state index in [9.17, 15) is 17.6 Å². The van der Waals surface area contributed by atoms with Crippen LogP contribution in [-0.4, -0.2) is 61.4 Å². The quantitative estimate of drug-likeness (QED) is 0.610. The molecule has 0 unspecified atom stereocenters. The van der Waals surface area contributed by atoms with Gasteiger partial charge < -0.3 is 9.47 Å². The van der Waals surface area contributed by atoms with Crippen LogP contribution in [0.15, 0.2) is 24.3 Å². The lowest BCUT2D eigenvalue weighted by Crippen LogP contribution is -2.37. The van der Waals surface area contributed by atoms with Crippen LogP contribution in [0.2, 0.25) is 0 Å². The molecule has 2 heterocycles.